The molecule has 19 heavy (non-hydrogen) atoms. The second kappa shape index (κ2) is 5.28. The molecule has 100 valence electrons. The third-order valence-corrected chi connectivity index (χ3v) is 3.58. The molecule has 0 radical (unpaired) electrons. The Labute approximate surface area is 115 Å². The van der Waals surface area contributed by atoms with Gasteiger partial charge < -0.3 is 14.6 Å². The van der Waals surface area contributed by atoms with E-state index in [4.69, 9.17) is 20.9 Å². The van der Waals surface area contributed by atoms with Crippen LogP contribution in [0.4, 0.5) is 0 Å². The molecule has 0 amide bonds. The Morgan fingerprint density at radius 1 is 1.42 bits per heavy atom. The largest absolute Gasteiger partial charge is 0.378 e. The third-order valence-electron chi connectivity index (χ3n) is 3.17. The summed E-state index contributed by atoms with van der Waals surface area (Å²) in [4.78, 5) is 4.43. The highest BCUT2D eigenvalue weighted by Crippen LogP contribution is 2.27. The topological polar surface area (TPSA) is 60.2 Å². The van der Waals surface area contributed by atoms with Gasteiger partial charge in [0.2, 0.25) is 0 Å². The number of nitrogens with zero attached hydrogens (tertiary/aromatic N) is 2. The van der Waals surface area contributed by atoms with E-state index in [1.165, 1.54) is 0 Å². The first-order valence-corrected chi connectivity index (χ1v) is 6.53. The molecule has 0 aliphatic carbocycles. The van der Waals surface area contributed by atoms with Crippen molar-refractivity contribution < 1.29 is 9.26 Å². The molecule has 6 heteroatoms. The van der Waals surface area contributed by atoms with Crippen LogP contribution in [0, 0.1) is 6.92 Å². The molecule has 1 saturated heterocycles. The highest BCUT2D eigenvalue weighted by atomic mass is 35.5. The van der Waals surface area contributed by atoms with Gasteiger partial charge in [-0.15, -0.1) is 0 Å². The van der Waals surface area contributed by atoms with Crippen molar-refractivity contribution in [3.05, 3.63) is 34.6 Å². The first-order chi connectivity index (χ1) is 9.25. The highest BCUT2D eigenvalue weighted by Gasteiger charge is 2.22. The summed E-state index contributed by atoms with van der Waals surface area (Å²) in [5.74, 6) is 1.11. The molecule has 0 saturated carbocycles. The molecule has 0 bridgehead atoms. The van der Waals surface area contributed by atoms with Gasteiger partial charge >= 0.3 is 0 Å². The van der Waals surface area contributed by atoms with Gasteiger partial charge in [-0.1, -0.05) is 22.8 Å². The van der Waals surface area contributed by atoms with E-state index in [0.717, 1.165) is 17.7 Å². The third kappa shape index (κ3) is 2.49. The first-order valence-electron chi connectivity index (χ1n) is 6.16. The zero-order valence-electron chi connectivity index (χ0n) is 10.5. The van der Waals surface area contributed by atoms with E-state index in [2.05, 4.69) is 15.5 Å². The summed E-state index contributed by atoms with van der Waals surface area (Å²) in [6.45, 7) is 4.01. The van der Waals surface area contributed by atoms with Gasteiger partial charge in [0.15, 0.2) is 5.82 Å². The maximum absolute atomic E-state index is 6.10. The van der Waals surface area contributed by atoms with Crippen molar-refractivity contribution in [3.63, 3.8) is 0 Å². The van der Waals surface area contributed by atoms with Gasteiger partial charge in [0.25, 0.3) is 5.89 Å². The smallest absolute Gasteiger partial charge is 0.258 e. The van der Waals surface area contributed by atoms with E-state index in [9.17, 15) is 0 Å². The molecule has 2 heterocycles. The van der Waals surface area contributed by atoms with Crippen LogP contribution in [0.5, 0.6) is 0 Å². The molecule has 1 atom stereocenters. The molecule has 1 unspecified atom stereocenters. The fourth-order valence-corrected chi connectivity index (χ4v) is 2.23. The number of benzene rings is 1. The van der Waals surface area contributed by atoms with Crippen molar-refractivity contribution >= 4 is 11.6 Å². The van der Waals surface area contributed by atoms with Gasteiger partial charge in [-0.25, -0.2) is 0 Å². The standard InChI is InChI=1S/C13H14ClN3O2/c1-8-9(3-2-4-10(8)14)13-16-12(17-19-13)11-7-18-6-5-15-11/h2-4,11,15H,5-7H2,1H3. The molecule has 1 aliphatic heterocycles. The lowest BCUT2D eigenvalue weighted by molar-refractivity contribution is 0.0734. The predicted octanol–water partition coefficient (Wildman–Crippen LogP) is 2.36. The van der Waals surface area contributed by atoms with Gasteiger partial charge in [-0.3, -0.25) is 0 Å². The number of halogens is 1. The van der Waals surface area contributed by atoms with E-state index in [1.807, 2.05) is 25.1 Å². The Balaban J connectivity index is 1.90. The van der Waals surface area contributed by atoms with Crippen LogP contribution >= 0.6 is 11.6 Å². The number of nitrogens with one attached hydrogen (secondary N) is 1. The van der Waals surface area contributed by atoms with Gasteiger partial charge in [0.1, 0.15) is 0 Å². The van der Waals surface area contributed by atoms with Crippen LogP contribution in [0.25, 0.3) is 11.5 Å². The van der Waals surface area contributed by atoms with E-state index in [0.29, 0.717) is 30.0 Å². The molecule has 1 fully saturated rings. The Hall–Kier alpha value is -1.43. The summed E-state index contributed by atoms with van der Waals surface area (Å²) >= 11 is 6.10. The first kappa shape index (κ1) is 12.6. The lowest BCUT2D eigenvalue weighted by Gasteiger charge is -2.20. The average Bonchev–Trinajstić information content (AvgIpc) is 2.92. The number of aromatic nitrogens is 2. The van der Waals surface area contributed by atoms with Crippen LogP contribution in [-0.2, 0) is 4.74 Å². The fourth-order valence-electron chi connectivity index (χ4n) is 2.06. The van der Waals surface area contributed by atoms with Crippen molar-refractivity contribution in [1.29, 1.82) is 0 Å². The second-order valence-corrected chi connectivity index (χ2v) is 4.86. The van der Waals surface area contributed by atoms with E-state index >= 15 is 0 Å². The molecule has 1 aliphatic rings. The van der Waals surface area contributed by atoms with Gasteiger partial charge in [-0.05, 0) is 24.6 Å². The summed E-state index contributed by atoms with van der Waals surface area (Å²) in [5.41, 5.74) is 1.80. The Bertz CT molecular complexity index is 579. The van der Waals surface area contributed by atoms with Crippen LogP contribution in [0.2, 0.25) is 5.02 Å². The Morgan fingerprint density at radius 3 is 3.11 bits per heavy atom. The fraction of sp³-hybridized carbons (Fsp3) is 0.385. The van der Waals surface area contributed by atoms with Crippen molar-refractivity contribution in [1.82, 2.24) is 15.5 Å². The summed E-state index contributed by atoms with van der Waals surface area (Å²) in [6, 6.07) is 5.62. The molecule has 1 aromatic heterocycles. The molecule has 3 rings (SSSR count). The Kier molecular flexibility index (Phi) is 3.50. The van der Waals surface area contributed by atoms with Crippen molar-refractivity contribution in [3.8, 4) is 11.5 Å². The molecule has 0 spiro atoms. The van der Waals surface area contributed by atoms with Crippen molar-refractivity contribution in [2.45, 2.75) is 13.0 Å². The van der Waals surface area contributed by atoms with Gasteiger partial charge in [0, 0.05) is 17.1 Å². The quantitative estimate of drug-likeness (QED) is 0.914. The lowest BCUT2D eigenvalue weighted by atomic mass is 10.1. The highest BCUT2D eigenvalue weighted by molar-refractivity contribution is 6.31. The summed E-state index contributed by atoms with van der Waals surface area (Å²) in [7, 11) is 0. The molecule has 2 aromatic rings. The van der Waals surface area contributed by atoms with Gasteiger partial charge in [-0.2, -0.15) is 4.98 Å². The number of hydrogen-bond acceptors (Lipinski definition) is 5. The van der Waals surface area contributed by atoms with E-state index in [1.54, 1.807) is 0 Å². The maximum atomic E-state index is 6.10. The molecular formula is C13H14ClN3O2. The number of rotatable bonds is 2. The zero-order chi connectivity index (χ0) is 13.2. The summed E-state index contributed by atoms with van der Waals surface area (Å²) < 4.78 is 10.7. The van der Waals surface area contributed by atoms with Crippen LogP contribution in [-0.4, -0.2) is 29.9 Å². The zero-order valence-corrected chi connectivity index (χ0v) is 11.3. The number of ether oxygens (including phenoxy) is 1. The van der Waals surface area contributed by atoms with Crippen molar-refractivity contribution in [2.24, 2.45) is 0 Å². The normalized spacial score (nSPS) is 19.6. The van der Waals surface area contributed by atoms with Crippen LogP contribution < -0.4 is 5.32 Å². The van der Waals surface area contributed by atoms with Crippen molar-refractivity contribution in [2.75, 3.05) is 19.8 Å². The average molecular weight is 280 g/mol. The second-order valence-electron chi connectivity index (χ2n) is 4.45. The summed E-state index contributed by atoms with van der Waals surface area (Å²) in [5, 5.41) is 8.00. The molecule has 5 nitrogen and oxygen atoms in total. The van der Waals surface area contributed by atoms with Crippen LogP contribution in [0.3, 0.4) is 0 Å². The Morgan fingerprint density at radius 2 is 2.32 bits per heavy atom. The minimum atomic E-state index is -0.00857. The van der Waals surface area contributed by atoms with Crippen LogP contribution in [0.1, 0.15) is 17.4 Å². The summed E-state index contributed by atoms with van der Waals surface area (Å²) in [6.07, 6.45) is 0. The minimum absolute atomic E-state index is 0.00857. The van der Waals surface area contributed by atoms with E-state index < -0.39 is 0 Å². The number of morpholine rings is 1. The van der Waals surface area contributed by atoms with Crippen LogP contribution in [0.15, 0.2) is 22.7 Å². The molecule has 1 N–H and O–H groups in total. The number of hydrogen-bond donors (Lipinski definition) is 1. The van der Waals surface area contributed by atoms with Gasteiger partial charge in [0.05, 0.1) is 19.3 Å². The van der Waals surface area contributed by atoms with E-state index in [-0.39, 0.29) is 6.04 Å². The lowest BCUT2D eigenvalue weighted by Crippen LogP contribution is -2.35. The predicted molar refractivity (Wildman–Crippen MR) is 71.0 cm³/mol. The molecule has 1 aromatic carbocycles. The minimum Gasteiger partial charge on any atom is -0.378 e. The molecular weight excluding hydrogens is 266 g/mol. The SMILES string of the molecule is Cc1c(Cl)cccc1-c1nc(C2COCCN2)no1. The maximum Gasteiger partial charge on any atom is 0.258 e. The monoisotopic (exact) mass is 279 g/mol.